The van der Waals surface area contributed by atoms with E-state index >= 15 is 0 Å². The molecule has 8 heteroatoms. The highest BCUT2D eigenvalue weighted by molar-refractivity contribution is 7.17. The third-order valence-corrected chi connectivity index (χ3v) is 7.29. The molecule has 0 spiro atoms. The number of ether oxygens (including phenoxy) is 2. The molecule has 0 atom stereocenters. The van der Waals surface area contributed by atoms with E-state index in [9.17, 15) is 14.4 Å². The van der Waals surface area contributed by atoms with Crippen LogP contribution in [0.25, 0.3) is 11.0 Å². The first kappa shape index (κ1) is 23.0. The number of anilines is 1. The van der Waals surface area contributed by atoms with E-state index in [2.05, 4.69) is 5.32 Å². The number of thiophene rings is 1. The lowest BCUT2D eigenvalue weighted by Gasteiger charge is -2.13. The van der Waals surface area contributed by atoms with E-state index in [4.69, 9.17) is 13.9 Å². The van der Waals surface area contributed by atoms with E-state index in [-0.39, 0.29) is 24.7 Å². The smallest absolute Gasteiger partial charge is 0.341 e. The number of benzene rings is 1. The Morgan fingerprint density at radius 2 is 1.85 bits per heavy atom. The second-order valence-corrected chi connectivity index (χ2v) is 9.28. The molecule has 3 aromatic rings. The van der Waals surface area contributed by atoms with Gasteiger partial charge < -0.3 is 19.2 Å². The molecule has 1 aliphatic carbocycles. The lowest BCUT2D eigenvalue weighted by atomic mass is 9.95. The van der Waals surface area contributed by atoms with Crippen LogP contribution in [0.15, 0.2) is 21.3 Å². The van der Waals surface area contributed by atoms with Crippen molar-refractivity contribution in [2.75, 3.05) is 18.5 Å². The molecule has 33 heavy (non-hydrogen) atoms. The molecule has 2 aromatic heterocycles. The fourth-order valence-corrected chi connectivity index (χ4v) is 5.45. The SMILES string of the molecule is CCOC(=O)c1c(NC(=O)COc2ccc3c(C)c(C)c(=O)oc3c2C)sc2c1CCCC2. The second kappa shape index (κ2) is 9.39. The minimum Gasteiger partial charge on any atom is -0.483 e. The summed E-state index contributed by atoms with van der Waals surface area (Å²) in [7, 11) is 0. The first-order valence-corrected chi connectivity index (χ1v) is 11.9. The zero-order valence-electron chi connectivity index (χ0n) is 19.3. The summed E-state index contributed by atoms with van der Waals surface area (Å²) in [6, 6.07) is 3.60. The molecule has 174 valence electrons. The van der Waals surface area contributed by atoms with Gasteiger partial charge in [0, 0.05) is 21.4 Å². The predicted molar refractivity (Wildman–Crippen MR) is 128 cm³/mol. The first-order valence-electron chi connectivity index (χ1n) is 11.1. The fraction of sp³-hybridized carbons (Fsp3) is 0.400. The number of hydrogen-bond acceptors (Lipinski definition) is 7. The molecule has 1 amide bonds. The van der Waals surface area contributed by atoms with Crippen molar-refractivity contribution in [3.8, 4) is 5.75 Å². The Hall–Kier alpha value is -3.13. The molecule has 4 rings (SSSR count). The van der Waals surface area contributed by atoms with Crippen LogP contribution < -0.4 is 15.7 Å². The van der Waals surface area contributed by atoms with Gasteiger partial charge in [-0.3, -0.25) is 4.79 Å². The summed E-state index contributed by atoms with van der Waals surface area (Å²) in [6.07, 6.45) is 3.80. The summed E-state index contributed by atoms with van der Waals surface area (Å²) in [4.78, 5) is 38.5. The number of amides is 1. The molecule has 0 unspecified atom stereocenters. The summed E-state index contributed by atoms with van der Waals surface area (Å²) >= 11 is 1.44. The summed E-state index contributed by atoms with van der Waals surface area (Å²) in [6.45, 7) is 7.20. The van der Waals surface area contributed by atoms with Crippen molar-refractivity contribution in [2.45, 2.75) is 53.4 Å². The number of fused-ring (bicyclic) bond motifs is 2. The molecular weight excluding hydrogens is 442 g/mol. The van der Waals surface area contributed by atoms with Crippen LogP contribution in [0.4, 0.5) is 5.00 Å². The fourth-order valence-electron chi connectivity index (χ4n) is 4.16. The summed E-state index contributed by atoms with van der Waals surface area (Å²) in [5.41, 5.74) is 3.63. The number of esters is 1. The van der Waals surface area contributed by atoms with Gasteiger partial charge in [-0.05, 0) is 76.6 Å². The van der Waals surface area contributed by atoms with Crippen molar-refractivity contribution < 1.29 is 23.5 Å². The Kier molecular flexibility index (Phi) is 6.56. The molecule has 1 aromatic carbocycles. The van der Waals surface area contributed by atoms with Crippen LogP contribution >= 0.6 is 11.3 Å². The lowest BCUT2D eigenvalue weighted by molar-refractivity contribution is -0.118. The maximum Gasteiger partial charge on any atom is 0.341 e. The maximum atomic E-state index is 12.7. The van der Waals surface area contributed by atoms with E-state index in [1.54, 1.807) is 26.8 Å². The maximum absolute atomic E-state index is 12.7. The summed E-state index contributed by atoms with van der Waals surface area (Å²) in [5.74, 6) is -0.320. The van der Waals surface area contributed by atoms with Crippen molar-refractivity contribution >= 4 is 39.2 Å². The number of aryl methyl sites for hydroxylation is 3. The van der Waals surface area contributed by atoms with E-state index in [1.165, 1.54) is 11.3 Å². The van der Waals surface area contributed by atoms with Gasteiger partial charge in [-0.15, -0.1) is 11.3 Å². The van der Waals surface area contributed by atoms with Gasteiger partial charge in [0.1, 0.15) is 16.3 Å². The van der Waals surface area contributed by atoms with Gasteiger partial charge in [-0.25, -0.2) is 9.59 Å². The average Bonchev–Trinajstić information content (AvgIpc) is 3.15. The second-order valence-electron chi connectivity index (χ2n) is 8.18. The number of carbonyl (C=O) groups is 2. The van der Waals surface area contributed by atoms with Gasteiger partial charge in [0.2, 0.25) is 0 Å². The van der Waals surface area contributed by atoms with Crippen LogP contribution in [0.2, 0.25) is 0 Å². The highest BCUT2D eigenvalue weighted by Crippen LogP contribution is 2.38. The van der Waals surface area contributed by atoms with Crippen LogP contribution in [0.5, 0.6) is 5.75 Å². The van der Waals surface area contributed by atoms with Crippen molar-refractivity contribution in [2.24, 2.45) is 0 Å². The number of carbonyl (C=O) groups excluding carboxylic acids is 2. The molecule has 0 saturated heterocycles. The lowest BCUT2D eigenvalue weighted by Crippen LogP contribution is -2.21. The minimum absolute atomic E-state index is 0.244. The van der Waals surface area contributed by atoms with Crippen LogP contribution in [0.3, 0.4) is 0 Å². The molecule has 0 aliphatic heterocycles. The molecule has 2 heterocycles. The zero-order chi connectivity index (χ0) is 23.7. The van der Waals surface area contributed by atoms with Gasteiger partial charge in [0.25, 0.3) is 5.91 Å². The third kappa shape index (κ3) is 4.39. The molecule has 0 radical (unpaired) electrons. The minimum atomic E-state index is -0.404. The Morgan fingerprint density at radius 3 is 2.61 bits per heavy atom. The number of rotatable bonds is 6. The van der Waals surface area contributed by atoms with Gasteiger partial charge in [-0.2, -0.15) is 0 Å². The van der Waals surface area contributed by atoms with E-state index in [1.807, 2.05) is 13.0 Å². The van der Waals surface area contributed by atoms with E-state index in [0.717, 1.165) is 47.1 Å². The van der Waals surface area contributed by atoms with Crippen molar-refractivity contribution in [1.29, 1.82) is 0 Å². The third-order valence-electron chi connectivity index (χ3n) is 6.09. The van der Waals surface area contributed by atoms with Crippen LogP contribution in [0.1, 0.15) is 57.3 Å². The van der Waals surface area contributed by atoms with Crippen molar-refractivity contribution in [1.82, 2.24) is 0 Å². The molecule has 7 nitrogen and oxygen atoms in total. The van der Waals surface area contributed by atoms with Gasteiger partial charge >= 0.3 is 11.6 Å². The largest absolute Gasteiger partial charge is 0.483 e. The van der Waals surface area contributed by atoms with Gasteiger partial charge in [-0.1, -0.05) is 0 Å². The molecule has 0 bridgehead atoms. The monoisotopic (exact) mass is 469 g/mol. The van der Waals surface area contributed by atoms with E-state index < -0.39 is 5.97 Å². The highest BCUT2D eigenvalue weighted by Gasteiger charge is 2.27. The van der Waals surface area contributed by atoms with Crippen LogP contribution in [0, 0.1) is 20.8 Å². The normalized spacial score (nSPS) is 13.0. The predicted octanol–water partition coefficient (Wildman–Crippen LogP) is 4.85. The zero-order valence-corrected chi connectivity index (χ0v) is 20.1. The topological polar surface area (TPSA) is 94.8 Å². The van der Waals surface area contributed by atoms with Gasteiger partial charge in [0.05, 0.1) is 12.2 Å². The molecular formula is C25H27NO6S. The first-order chi connectivity index (χ1) is 15.8. The molecule has 1 aliphatic rings. The standard InChI is InChI=1S/C25H27NO6S/c1-5-30-25(29)21-17-8-6-7-9-19(17)33-23(21)26-20(27)12-31-18-11-10-16-13(2)14(3)24(28)32-22(16)15(18)4/h10-11H,5-9,12H2,1-4H3,(H,26,27). The average molecular weight is 470 g/mol. The molecule has 1 N–H and O–H groups in total. The van der Waals surface area contributed by atoms with E-state index in [0.29, 0.717) is 33.0 Å². The van der Waals surface area contributed by atoms with Crippen LogP contribution in [-0.4, -0.2) is 25.1 Å². The number of nitrogens with one attached hydrogen (secondary N) is 1. The van der Waals surface area contributed by atoms with Crippen LogP contribution in [-0.2, 0) is 22.4 Å². The Morgan fingerprint density at radius 1 is 1.09 bits per heavy atom. The number of hydrogen-bond donors (Lipinski definition) is 1. The molecule has 0 saturated carbocycles. The quantitative estimate of drug-likeness (QED) is 0.410. The van der Waals surface area contributed by atoms with Crippen molar-refractivity contribution in [3.63, 3.8) is 0 Å². The Bertz CT molecular complexity index is 1300. The van der Waals surface area contributed by atoms with Crippen molar-refractivity contribution in [3.05, 3.63) is 55.2 Å². The van der Waals surface area contributed by atoms with Gasteiger partial charge in [0.15, 0.2) is 6.61 Å². The highest BCUT2D eigenvalue weighted by atomic mass is 32.1. The Balaban J connectivity index is 1.54. The summed E-state index contributed by atoms with van der Waals surface area (Å²) < 4.78 is 16.5. The Labute approximate surface area is 195 Å². The molecule has 0 fully saturated rings. The summed E-state index contributed by atoms with van der Waals surface area (Å²) in [5, 5.41) is 4.19.